The Morgan fingerprint density at radius 3 is 2.39 bits per heavy atom. The van der Waals surface area contributed by atoms with E-state index in [1.165, 1.54) is 64.2 Å². The maximum Gasteiger partial charge on any atom is 0.217 e. The minimum absolute atomic E-state index is 0.111. The first-order valence-electron chi connectivity index (χ1n) is 14.2. The molecule has 4 saturated carbocycles. The Hall–Kier alpha value is -0.900. The minimum atomic E-state index is -0.176. The molecule has 0 radical (unpaired) electrons. The van der Waals surface area contributed by atoms with Crippen molar-refractivity contribution >= 4 is 11.7 Å². The smallest absolute Gasteiger partial charge is 0.217 e. The first-order valence-corrected chi connectivity index (χ1v) is 14.2. The Labute approximate surface area is 201 Å². The molecule has 8 atom stereocenters. The number of aliphatic hydroxyl groups excluding tert-OH is 1. The molecule has 0 bridgehead atoms. The zero-order valence-electron chi connectivity index (χ0n) is 21.3. The molecule has 4 fully saturated rings. The number of rotatable bonds is 10. The number of Topliss-reactive ketones (excluding diaryl/α,β-unsaturated/α-hetero) is 1. The fraction of sp³-hybridized carbons (Fsp3) is 0.931. The number of aliphatic hydroxyl groups is 1. The molecule has 0 aromatic carbocycles. The Balaban J connectivity index is 1.36. The molecule has 0 saturated heterocycles. The van der Waals surface area contributed by atoms with Gasteiger partial charge in [-0.1, -0.05) is 58.8 Å². The van der Waals surface area contributed by atoms with Crippen molar-refractivity contribution in [2.45, 2.75) is 129 Å². The highest BCUT2D eigenvalue weighted by molar-refractivity contribution is 5.79. The van der Waals surface area contributed by atoms with Crippen LogP contribution in [0.15, 0.2) is 0 Å². The zero-order chi connectivity index (χ0) is 23.6. The molecule has 0 aromatic rings. The first-order chi connectivity index (χ1) is 15.8. The third kappa shape index (κ3) is 5.07. The maximum atomic E-state index is 12.3. The number of fused-ring (bicyclic) bond motifs is 5. The lowest BCUT2D eigenvalue weighted by Gasteiger charge is -2.62. The van der Waals surface area contributed by atoms with Gasteiger partial charge in [-0.15, -0.1) is 0 Å². The van der Waals surface area contributed by atoms with E-state index in [4.69, 9.17) is 5.73 Å². The van der Waals surface area contributed by atoms with E-state index < -0.39 is 0 Å². The highest BCUT2D eigenvalue weighted by atomic mass is 16.3. The Morgan fingerprint density at radius 1 is 0.970 bits per heavy atom. The van der Waals surface area contributed by atoms with Gasteiger partial charge in [0.2, 0.25) is 5.91 Å². The van der Waals surface area contributed by atoms with Crippen LogP contribution < -0.4 is 5.73 Å². The topological polar surface area (TPSA) is 80.4 Å². The molecule has 1 amide bonds. The Kier molecular flexibility index (Phi) is 7.93. The first kappa shape index (κ1) is 25.2. The van der Waals surface area contributed by atoms with E-state index in [0.717, 1.165) is 50.4 Å². The quantitative estimate of drug-likeness (QED) is 0.383. The summed E-state index contributed by atoms with van der Waals surface area (Å²) in [6.45, 7) is 4.96. The number of amides is 1. The van der Waals surface area contributed by atoms with E-state index in [9.17, 15) is 14.7 Å². The number of hydrogen-bond donors (Lipinski definition) is 2. The van der Waals surface area contributed by atoms with Crippen LogP contribution in [-0.4, -0.2) is 22.9 Å². The summed E-state index contributed by atoms with van der Waals surface area (Å²) in [5.41, 5.74) is 5.67. The average molecular weight is 460 g/mol. The number of carbonyl (C=O) groups excluding carboxylic acids is 2. The van der Waals surface area contributed by atoms with Gasteiger partial charge >= 0.3 is 0 Å². The van der Waals surface area contributed by atoms with Crippen LogP contribution in [-0.2, 0) is 9.59 Å². The Morgan fingerprint density at radius 2 is 1.67 bits per heavy atom. The van der Waals surface area contributed by atoms with Crippen molar-refractivity contribution in [2.24, 2.45) is 46.2 Å². The van der Waals surface area contributed by atoms with E-state index in [1.54, 1.807) is 0 Å². The standard InChI is InChI=1S/C29H49NO3/c1-28-17-16-22(31)18-21(28)12-13-23-24-14-15-25(32)29(24,2)19-20(27(23)28)10-8-6-4-3-5-7-9-11-26(30)33/h20-21,23-25,27,32H,3-19H2,1-2H3,(H2,30,33)/t20?,21?,23-,24-,25?,27+,28-,29-/m0/s1. The predicted molar refractivity (Wildman–Crippen MR) is 132 cm³/mol. The van der Waals surface area contributed by atoms with E-state index in [0.29, 0.717) is 35.4 Å². The molecule has 0 spiro atoms. The van der Waals surface area contributed by atoms with Crippen LogP contribution in [0.5, 0.6) is 0 Å². The van der Waals surface area contributed by atoms with Gasteiger partial charge in [0, 0.05) is 19.3 Å². The van der Waals surface area contributed by atoms with Crippen molar-refractivity contribution in [3.05, 3.63) is 0 Å². The number of primary amides is 1. The number of carbonyl (C=O) groups is 2. The Bertz CT molecular complexity index is 707. The molecule has 4 aliphatic rings. The van der Waals surface area contributed by atoms with E-state index in [2.05, 4.69) is 13.8 Å². The van der Waals surface area contributed by atoms with Crippen LogP contribution in [0.2, 0.25) is 0 Å². The van der Waals surface area contributed by atoms with Gasteiger partial charge in [0.15, 0.2) is 0 Å². The van der Waals surface area contributed by atoms with Crippen molar-refractivity contribution in [3.8, 4) is 0 Å². The largest absolute Gasteiger partial charge is 0.393 e. The highest BCUT2D eigenvalue weighted by Gasteiger charge is 2.62. The van der Waals surface area contributed by atoms with Gasteiger partial charge < -0.3 is 10.8 Å². The lowest BCUT2D eigenvalue weighted by atomic mass is 9.42. The fourth-order valence-corrected chi connectivity index (χ4v) is 9.29. The summed E-state index contributed by atoms with van der Waals surface area (Å²) in [6.07, 6.45) is 18.7. The van der Waals surface area contributed by atoms with Crippen molar-refractivity contribution in [3.63, 3.8) is 0 Å². The normalized spacial score (nSPS) is 42.5. The van der Waals surface area contributed by atoms with Crippen LogP contribution >= 0.6 is 0 Å². The summed E-state index contributed by atoms with van der Waals surface area (Å²) in [7, 11) is 0. The molecule has 0 aromatic heterocycles. The molecular weight excluding hydrogens is 410 g/mol. The second kappa shape index (κ2) is 10.4. The molecule has 3 N–H and O–H groups in total. The highest BCUT2D eigenvalue weighted by Crippen LogP contribution is 2.68. The summed E-state index contributed by atoms with van der Waals surface area (Å²) in [5, 5.41) is 11.0. The average Bonchev–Trinajstić information content (AvgIpc) is 3.06. The molecule has 188 valence electrons. The third-order valence-corrected chi connectivity index (χ3v) is 11.0. The molecule has 4 aliphatic carbocycles. The van der Waals surface area contributed by atoms with Gasteiger partial charge in [-0.2, -0.15) is 0 Å². The number of ketones is 1. The summed E-state index contributed by atoms with van der Waals surface area (Å²) in [6, 6.07) is 0. The van der Waals surface area contributed by atoms with Crippen LogP contribution in [0.4, 0.5) is 0 Å². The second-order valence-electron chi connectivity index (χ2n) is 12.9. The fourth-order valence-electron chi connectivity index (χ4n) is 9.29. The lowest BCUT2D eigenvalue weighted by Crippen LogP contribution is -2.57. The van der Waals surface area contributed by atoms with Crippen LogP contribution in [0.1, 0.15) is 123 Å². The molecule has 3 unspecified atom stereocenters. The van der Waals surface area contributed by atoms with Crippen molar-refractivity contribution < 1.29 is 14.7 Å². The van der Waals surface area contributed by atoms with E-state index in [-0.39, 0.29) is 17.4 Å². The third-order valence-electron chi connectivity index (χ3n) is 11.0. The maximum absolute atomic E-state index is 12.3. The van der Waals surface area contributed by atoms with Gasteiger partial charge in [-0.05, 0) is 85.4 Å². The molecule has 4 heteroatoms. The number of nitrogens with two attached hydrogens (primary N) is 1. The monoisotopic (exact) mass is 459 g/mol. The lowest BCUT2D eigenvalue weighted by molar-refractivity contribution is -0.159. The minimum Gasteiger partial charge on any atom is -0.393 e. The molecule has 0 heterocycles. The number of hydrogen-bond acceptors (Lipinski definition) is 3. The second-order valence-corrected chi connectivity index (χ2v) is 12.9. The van der Waals surface area contributed by atoms with Gasteiger partial charge in [0.25, 0.3) is 0 Å². The van der Waals surface area contributed by atoms with Crippen LogP contribution in [0.3, 0.4) is 0 Å². The van der Waals surface area contributed by atoms with E-state index in [1.807, 2.05) is 0 Å². The predicted octanol–water partition coefficient (Wildman–Crippen LogP) is 6.18. The molecule has 4 nitrogen and oxygen atoms in total. The van der Waals surface area contributed by atoms with Crippen molar-refractivity contribution in [2.75, 3.05) is 0 Å². The summed E-state index contributed by atoms with van der Waals surface area (Å²) in [5.74, 6) is 3.82. The molecule has 33 heavy (non-hydrogen) atoms. The summed E-state index contributed by atoms with van der Waals surface area (Å²) < 4.78 is 0. The summed E-state index contributed by atoms with van der Waals surface area (Å²) >= 11 is 0. The molecular formula is C29H49NO3. The SMILES string of the molecule is C[C@]12CCC(=O)CC1CC[C@@H]1[C@H]2C(CCCCCCCCCC(N)=O)C[C@]2(C)C(O)CC[C@@H]12. The van der Waals surface area contributed by atoms with Gasteiger partial charge in [-0.3, -0.25) is 9.59 Å². The van der Waals surface area contributed by atoms with Gasteiger partial charge in [0.05, 0.1) is 6.10 Å². The van der Waals surface area contributed by atoms with Crippen molar-refractivity contribution in [1.29, 1.82) is 0 Å². The zero-order valence-corrected chi connectivity index (χ0v) is 21.3. The number of unbranched alkanes of at least 4 members (excludes halogenated alkanes) is 6. The van der Waals surface area contributed by atoms with Crippen LogP contribution in [0, 0.1) is 40.4 Å². The van der Waals surface area contributed by atoms with Gasteiger partial charge in [-0.25, -0.2) is 0 Å². The molecule has 0 aliphatic heterocycles. The van der Waals surface area contributed by atoms with Crippen LogP contribution in [0.25, 0.3) is 0 Å². The van der Waals surface area contributed by atoms with Crippen molar-refractivity contribution in [1.82, 2.24) is 0 Å². The van der Waals surface area contributed by atoms with Gasteiger partial charge in [0.1, 0.15) is 5.78 Å². The summed E-state index contributed by atoms with van der Waals surface area (Å²) in [4.78, 5) is 23.1. The molecule has 4 rings (SSSR count). The van der Waals surface area contributed by atoms with E-state index >= 15 is 0 Å².